The van der Waals surface area contributed by atoms with Gasteiger partial charge in [0, 0.05) is 6.61 Å². The number of rotatable bonds is 2. The second-order valence-electron chi connectivity index (χ2n) is 2.74. The van der Waals surface area contributed by atoms with Gasteiger partial charge in [-0.1, -0.05) is 6.08 Å². The third-order valence-electron chi connectivity index (χ3n) is 1.89. The molecule has 0 saturated heterocycles. The highest BCUT2D eigenvalue weighted by Gasteiger charge is 2.26. The molecule has 0 aromatic carbocycles. The molecule has 1 aliphatic rings. The lowest BCUT2D eigenvalue weighted by atomic mass is 9.76. The number of hydrogen-bond acceptors (Lipinski definition) is 1. The summed E-state index contributed by atoms with van der Waals surface area (Å²) < 4.78 is 1.03. The maximum Gasteiger partial charge on any atom is 0.0567 e. The third kappa shape index (κ3) is 2.36. The van der Waals surface area contributed by atoms with Crippen LogP contribution in [0.5, 0.6) is 0 Å². The number of hydrogen-bond donors (Lipinski definition) is 1. The quantitative estimate of drug-likeness (QED) is 0.817. The van der Waals surface area contributed by atoms with E-state index in [4.69, 9.17) is 5.11 Å². The van der Waals surface area contributed by atoms with Crippen LogP contribution in [0.1, 0.15) is 12.8 Å². The first kappa shape index (κ1) is 8.75. The summed E-state index contributed by atoms with van der Waals surface area (Å²) in [7, 11) is 0. The van der Waals surface area contributed by atoms with Crippen molar-refractivity contribution in [3.05, 3.63) is 9.47 Å². The Balaban J connectivity index is 2.20. The van der Waals surface area contributed by atoms with E-state index in [0.717, 1.165) is 16.2 Å². The maximum atomic E-state index is 8.69. The van der Waals surface area contributed by atoms with Crippen molar-refractivity contribution in [2.24, 2.45) is 11.8 Å². The van der Waals surface area contributed by atoms with E-state index in [2.05, 4.69) is 37.9 Å². The van der Waals surface area contributed by atoms with Gasteiger partial charge in [0.15, 0.2) is 0 Å². The Morgan fingerprint density at radius 1 is 1.50 bits per heavy atom. The predicted octanol–water partition coefficient (Wildman–Crippen LogP) is 2.64. The zero-order valence-corrected chi connectivity index (χ0v) is 8.73. The molecule has 0 spiro atoms. The molecule has 0 aliphatic heterocycles. The first-order valence-corrected chi connectivity index (χ1v) is 4.94. The van der Waals surface area contributed by atoms with Crippen LogP contribution in [0.4, 0.5) is 0 Å². The van der Waals surface area contributed by atoms with Crippen molar-refractivity contribution in [1.29, 1.82) is 0 Å². The van der Waals surface area contributed by atoms with Crippen LogP contribution in [0, 0.1) is 11.8 Å². The first-order valence-electron chi connectivity index (χ1n) is 3.36. The molecule has 1 fully saturated rings. The van der Waals surface area contributed by atoms with Crippen LogP contribution in [-0.2, 0) is 0 Å². The number of allylic oxidation sites excluding steroid dienone is 1. The summed E-state index contributed by atoms with van der Waals surface area (Å²) >= 11 is 6.61. The minimum atomic E-state index is 0.351. The molecule has 1 saturated carbocycles. The molecule has 0 amide bonds. The van der Waals surface area contributed by atoms with Crippen LogP contribution in [0.25, 0.3) is 0 Å². The van der Waals surface area contributed by atoms with Crippen LogP contribution in [0.15, 0.2) is 9.47 Å². The summed E-state index contributed by atoms with van der Waals surface area (Å²) in [6, 6.07) is 0. The topological polar surface area (TPSA) is 20.2 Å². The highest BCUT2D eigenvalue weighted by Crippen LogP contribution is 2.36. The molecule has 0 atom stereocenters. The number of halogens is 2. The van der Waals surface area contributed by atoms with E-state index in [1.165, 1.54) is 0 Å². The Kier molecular flexibility index (Phi) is 3.40. The van der Waals surface area contributed by atoms with E-state index in [-0.39, 0.29) is 0 Å². The Morgan fingerprint density at radius 3 is 2.50 bits per heavy atom. The molecule has 0 bridgehead atoms. The fraction of sp³-hybridized carbons (Fsp3) is 0.714. The predicted molar refractivity (Wildman–Crippen MR) is 49.2 cm³/mol. The Morgan fingerprint density at radius 2 is 2.10 bits per heavy atom. The van der Waals surface area contributed by atoms with Gasteiger partial charge < -0.3 is 5.11 Å². The highest BCUT2D eigenvalue weighted by molar-refractivity contribution is 9.28. The standard InChI is InChI=1S/C7H10Br2O/c8-7(9)3-5-1-6(2-5)4-10/h3,5-6,10H,1-2,4H2/t5-,6-. The van der Waals surface area contributed by atoms with Gasteiger partial charge in [-0.05, 0) is 56.5 Å². The molecule has 1 aliphatic carbocycles. The number of aliphatic hydroxyl groups is 1. The molecule has 0 heterocycles. The lowest BCUT2D eigenvalue weighted by Gasteiger charge is -2.31. The average Bonchev–Trinajstić information content (AvgIpc) is 1.76. The first-order chi connectivity index (χ1) is 4.72. The smallest absolute Gasteiger partial charge is 0.0567 e. The van der Waals surface area contributed by atoms with Gasteiger partial charge in [0.2, 0.25) is 0 Å². The fourth-order valence-corrected chi connectivity index (χ4v) is 2.00. The SMILES string of the molecule is OC[C@H]1C[C@H](C=C(Br)Br)C1. The van der Waals surface area contributed by atoms with Crippen molar-refractivity contribution >= 4 is 31.9 Å². The summed E-state index contributed by atoms with van der Waals surface area (Å²) in [6.07, 6.45) is 4.42. The summed E-state index contributed by atoms with van der Waals surface area (Å²) in [6.45, 7) is 0.351. The normalized spacial score (nSPS) is 31.1. The Hall–Kier alpha value is 0.660. The molecule has 58 valence electrons. The molecule has 1 rings (SSSR count). The lowest BCUT2D eigenvalue weighted by Crippen LogP contribution is -2.24. The largest absolute Gasteiger partial charge is 0.396 e. The number of aliphatic hydroxyl groups excluding tert-OH is 1. The van der Waals surface area contributed by atoms with Crippen LogP contribution in [-0.4, -0.2) is 11.7 Å². The molecular weight excluding hydrogens is 260 g/mol. The molecule has 0 radical (unpaired) electrons. The molecule has 1 N–H and O–H groups in total. The van der Waals surface area contributed by atoms with Crippen molar-refractivity contribution < 1.29 is 5.11 Å². The van der Waals surface area contributed by atoms with E-state index in [1.54, 1.807) is 0 Å². The van der Waals surface area contributed by atoms with Gasteiger partial charge in [0.25, 0.3) is 0 Å². The van der Waals surface area contributed by atoms with E-state index in [1.807, 2.05) is 0 Å². The minimum Gasteiger partial charge on any atom is -0.396 e. The van der Waals surface area contributed by atoms with Crippen molar-refractivity contribution in [1.82, 2.24) is 0 Å². The molecule has 0 aromatic heterocycles. The van der Waals surface area contributed by atoms with Crippen LogP contribution >= 0.6 is 31.9 Å². The summed E-state index contributed by atoms with van der Waals surface area (Å²) in [5.74, 6) is 1.23. The van der Waals surface area contributed by atoms with Crippen LogP contribution < -0.4 is 0 Å². The van der Waals surface area contributed by atoms with E-state index < -0.39 is 0 Å². The van der Waals surface area contributed by atoms with Crippen LogP contribution in [0.3, 0.4) is 0 Å². The Labute approximate surface area is 77.8 Å². The van der Waals surface area contributed by atoms with Crippen molar-refractivity contribution in [3.63, 3.8) is 0 Å². The maximum absolute atomic E-state index is 8.69. The monoisotopic (exact) mass is 268 g/mol. The van der Waals surface area contributed by atoms with Crippen LogP contribution in [0.2, 0.25) is 0 Å². The fourth-order valence-electron chi connectivity index (χ4n) is 1.25. The van der Waals surface area contributed by atoms with Gasteiger partial charge in [-0.2, -0.15) is 0 Å². The average molecular weight is 270 g/mol. The molecule has 10 heavy (non-hydrogen) atoms. The van der Waals surface area contributed by atoms with Gasteiger partial charge in [-0.15, -0.1) is 0 Å². The molecular formula is C7H10Br2O. The summed E-state index contributed by atoms with van der Waals surface area (Å²) in [5, 5.41) is 8.69. The zero-order chi connectivity index (χ0) is 7.56. The summed E-state index contributed by atoms with van der Waals surface area (Å²) in [4.78, 5) is 0. The molecule has 1 nitrogen and oxygen atoms in total. The van der Waals surface area contributed by atoms with Gasteiger partial charge in [-0.25, -0.2) is 0 Å². The molecule has 0 unspecified atom stereocenters. The molecule has 0 aromatic rings. The van der Waals surface area contributed by atoms with Gasteiger partial charge >= 0.3 is 0 Å². The van der Waals surface area contributed by atoms with Crippen molar-refractivity contribution in [3.8, 4) is 0 Å². The second kappa shape index (κ2) is 3.88. The van der Waals surface area contributed by atoms with E-state index in [0.29, 0.717) is 18.4 Å². The third-order valence-corrected chi connectivity index (χ3v) is 2.42. The van der Waals surface area contributed by atoms with Crippen molar-refractivity contribution in [2.45, 2.75) is 12.8 Å². The Bertz CT molecular complexity index is 135. The second-order valence-corrected chi connectivity index (χ2v) is 5.51. The molecule has 3 heteroatoms. The van der Waals surface area contributed by atoms with Crippen molar-refractivity contribution in [2.75, 3.05) is 6.61 Å². The van der Waals surface area contributed by atoms with E-state index in [9.17, 15) is 0 Å². The zero-order valence-electron chi connectivity index (χ0n) is 5.56. The highest BCUT2D eigenvalue weighted by atomic mass is 79.9. The van der Waals surface area contributed by atoms with Gasteiger partial charge in [-0.3, -0.25) is 0 Å². The van der Waals surface area contributed by atoms with Gasteiger partial charge in [0.1, 0.15) is 0 Å². The summed E-state index contributed by atoms with van der Waals surface area (Å²) in [5.41, 5.74) is 0. The van der Waals surface area contributed by atoms with Gasteiger partial charge in [0.05, 0.1) is 3.39 Å². The van der Waals surface area contributed by atoms with E-state index >= 15 is 0 Å². The minimum absolute atomic E-state index is 0.351. The lowest BCUT2D eigenvalue weighted by molar-refractivity contribution is 0.130.